The average molecular weight is 441 g/mol. The lowest BCUT2D eigenvalue weighted by Gasteiger charge is -2.31. The molecule has 0 bridgehead atoms. The van der Waals surface area contributed by atoms with E-state index in [4.69, 9.17) is 4.74 Å². The Morgan fingerprint density at radius 3 is 2.42 bits per heavy atom. The van der Waals surface area contributed by atoms with Crippen LogP contribution in [-0.2, 0) is 9.59 Å². The first-order valence-corrected chi connectivity index (χ1v) is 11.3. The van der Waals surface area contributed by atoms with Crippen LogP contribution in [0.5, 0.6) is 5.75 Å². The highest BCUT2D eigenvalue weighted by Gasteiger charge is 2.38. The van der Waals surface area contributed by atoms with Gasteiger partial charge in [-0.2, -0.15) is 0 Å². The Balaban J connectivity index is 1.94. The molecule has 0 atom stereocenters. The number of carbonyl (C=O) groups is 3. The van der Waals surface area contributed by atoms with Gasteiger partial charge in [-0.25, -0.2) is 0 Å². The Hall–Kier alpha value is -2.80. The number of nitrogens with zero attached hydrogens (tertiary/aromatic N) is 2. The molecule has 2 aromatic rings. The van der Waals surface area contributed by atoms with Crippen molar-refractivity contribution in [2.75, 3.05) is 13.2 Å². The van der Waals surface area contributed by atoms with Gasteiger partial charge >= 0.3 is 0 Å². The van der Waals surface area contributed by atoms with E-state index in [2.05, 4.69) is 0 Å². The second-order valence-electron chi connectivity index (χ2n) is 7.89. The molecule has 0 radical (unpaired) electrons. The third-order valence-corrected chi connectivity index (χ3v) is 5.98. The normalized spacial score (nSPS) is 15.6. The number of imide groups is 1. The number of ether oxygens (including phenoxy) is 1. The number of rotatable bonds is 7. The lowest BCUT2D eigenvalue weighted by Crippen LogP contribution is -2.48. The minimum absolute atomic E-state index is 0.0209. The van der Waals surface area contributed by atoms with Crippen LogP contribution in [0.1, 0.15) is 40.2 Å². The zero-order valence-electron chi connectivity index (χ0n) is 18.5. The second-order valence-corrected chi connectivity index (χ2v) is 8.88. The van der Waals surface area contributed by atoms with Gasteiger partial charge < -0.3 is 9.64 Å². The van der Waals surface area contributed by atoms with Gasteiger partial charge in [-0.15, -0.1) is 0 Å². The van der Waals surface area contributed by atoms with E-state index in [0.717, 1.165) is 33.0 Å². The molecule has 0 saturated carbocycles. The molecule has 3 rings (SSSR count). The highest BCUT2D eigenvalue weighted by atomic mass is 32.2. The number of amides is 3. The van der Waals surface area contributed by atoms with E-state index in [0.29, 0.717) is 12.4 Å². The first kappa shape index (κ1) is 22.9. The van der Waals surface area contributed by atoms with Crippen molar-refractivity contribution in [3.05, 3.63) is 46.9 Å². The van der Waals surface area contributed by atoms with Gasteiger partial charge in [-0.3, -0.25) is 19.3 Å². The minimum Gasteiger partial charge on any atom is -0.493 e. The number of benzene rings is 2. The molecule has 1 saturated heterocycles. The molecule has 0 unspecified atom stereocenters. The second kappa shape index (κ2) is 9.56. The van der Waals surface area contributed by atoms with Gasteiger partial charge in [0, 0.05) is 17.6 Å². The summed E-state index contributed by atoms with van der Waals surface area (Å²) in [7, 11) is 0. The molecule has 7 heteroatoms. The highest BCUT2D eigenvalue weighted by molar-refractivity contribution is 8.18. The zero-order chi connectivity index (χ0) is 22.7. The largest absolute Gasteiger partial charge is 0.493 e. The number of hydrogen-bond acceptors (Lipinski definition) is 5. The molecule has 1 fully saturated rings. The van der Waals surface area contributed by atoms with Crippen LogP contribution < -0.4 is 4.74 Å². The molecule has 6 nitrogen and oxygen atoms in total. The van der Waals surface area contributed by atoms with Crippen molar-refractivity contribution in [1.29, 1.82) is 0 Å². The maximum Gasteiger partial charge on any atom is 0.294 e. The number of hydrogen-bond donors (Lipinski definition) is 0. The van der Waals surface area contributed by atoms with Crippen molar-refractivity contribution in [2.24, 2.45) is 0 Å². The van der Waals surface area contributed by atoms with Crippen LogP contribution in [0.15, 0.2) is 41.3 Å². The fraction of sp³-hybridized carbons (Fsp3) is 0.375. The SMILES string of the molecule is CCOc1ccc2ccccc2c1/C=C1\SC(=O)N(CC(=O)N(C(C)C)C(C)C)C1=O. The van der Waals surface area contributed by atoms with E-state index in [-0.39, 0.29) is 29.4 Å². The summed E-state index contributed by atoms with van der Waals surface area (Å²) in [4.78, 5) is 41.4. The van der Waals surface area contributed by atoms with Gasteiger partial charge in [0.25, 0.3) is 11.1 Å². The fourth-order valence-electron chi connectivity index (χ4n) is 3.86. The van der Waals surface area contributed by atoms with Crippen LogP contribution >= 0.6 is 11.8 Å². The lowest BCUT2D eigenvalue weighted by atomic mass is 10.0. The summed E-state index contributed by atoms with van der Waals surface area (Å²) in [6, 6.07) is 11.6. The van der Waals surface area contributed by atoms with Crippen LogP contribution in [0, 0.1) is 0 Å². The molecule has 0 spiro atoms. The van der Waals surface area contributed by atoms with E-state index in [1.807, 2.05) is 71.0 Å². The lowest BCUT2D eigenvalue weighted by molar-refractivity contribution is -0.138. The summed E-state index contributed by atoms with van der Waals surface area (Å²) in [6.07, 6.45) is 1.70. The van der Waals surface area contributed by atoms with Crippen LogP contribution in [0.4, 0.5) is 4.79 Å². The molecule has 0 aliphatic carbocycles. The van der Waals surface area contributed by atoms with Gasteiger partial charge in [-0.05, 0) is 69.3 Å². The molecule has 3 amide bonds. The van der Waals surface area contributed by atoms with Crippen LogP contribution in [-0.4, -0.2) is 52.1 Å². The number of carbonyl (C=O) groups excluding carboxylic acids is 3. The molecule has 164 valence electrons. The Kier molecular flexibility index (Phi) is 7.05. The summed E-state index contributed by atoms with van der Waals surface area (Å²) in [5.74, 6) is -0.0465. The van der Waals surface area contributed by atoms with Crippen molar-refractivity contribution < 1.29 is 19.1 Å². The van der Waals surface area contributed by atoms with Crippen molar-refractivity contribution in [3.8, 4) is 5.75 Å². The van der Waals surface area contributed by atoms with Gasteiger partial charge in [0.15, 0.2) is 0 Å². The number of thioether (sulfide) groups is 1. The van der Waals surface area contributed by atoms with Gasteiger partial charge in [0.2, 0.25) is 5.91 Å². The molecular formula is C24H28N2O4S. The Morgan fingerprint density at radius 2 is 1.77 bits per heavy atom. The average Bonchev–Trinajstić information content (AvgIpc) is 2.96. The van der Waals surface area contributed by atoms with Crippen molar-refractivity contribution in [1.82, 2.24) is 9.80 Å². The first-order chi connectivity index (χ1) is 14.7. The maximum absolute atomic E-state index is 13.0. The van der Waals surface area contributed by atoms with Crippen molar-refractivity contribution in [2.45, 2.75) is 46.7 Å². The molecule has 1 aliphatic rings. The maximum atomic E-state index is 13.0. The van der Waals surface area contributed by atoms with Crippen LogP contribution in [0.25, 0.3) is 16.8 Å². The Morgan fingerprint density at radius 1 is 1.10 bits per heavy atom. The standard InChI is InChI=1S/C24H28N2O4S/c1-6-30-20-12-11-17-9-7-8-10-18(17)19(20)13-21-23(28)25(24(29)31-21)14-22(27)26(15(2)3)16(4)5/h7-13,15-16H,6,14H2,1-5H3/b21-13-. The predicted octanol–water partition coefficient (Wildman–Crippen LogP) is 4.92. The Bertz CT molecular complexity index is 1040. The molecule has 1 heterocycles. The van der Waals surface area contributed by atoms with E-state index in [9.17, 15) is 14.4 Å². The van der Waals surface area contributed by atoms with Crippen molar-refractivity contribution >= 4 is 45.7 Å². The number of fused-ring (bicyclic) bond motifs is 1. The molecule has 2 aromatic carbocycles. The van der Waals surface area contributed by atoms with E-state index < -0.39 is 11.1 Å². The predicted molar refractivity (Wildman–Crippen MR) is 125 cm³/mol. The zero-order valence-corrected chi connectivity index (χ0v) is 19.4. The summed E-state index contributed by atoms with van der Waals surface area (Å²) in [6.45, 7) is 9.79. The molecular weight excluding hydrogens is 412 g/mol. The topological polar surface area (TPSA) is 66.9 Å². The van der Waals surface area contributed by atoms with Gasteiger partial charge in [0.1, 0.15) is 12.3 Å². The summed E-state index contributed by atoms with van der Waals surface area (Å²) in [5.41, 5.74) is 0.753. The first-order valence-electron chi connectivity index (χ1n) is 10.5. The molecule has 0 N–H and O–H groups in total. The smallest absolute Gasteiger partial charge is 0.294 e. The third kappa shape index (κ3) is 4.77. The van der Waals surface area contributed by atoms with Crippen LogP contribution in [0.2, 0.25) is 0 Å². The Labute approximate surface area is 187 Å². The van der Waals surface area contributed by atoms with E-state index >= 15 is 0 Å². The monoisotopic (exact) mass is 440 g/mol. The minimum atomic E-state index is -0.453. The van der Waals surface area contributed by atoms with Crippen molar-refractivity contribution in [3.63, 3.8) is 0 Å². The van der Waals surface area contributed by atoms with Gasteiger partial charge in [0.05, 0.1) is 11.5 Å². The van der Waals surface area contributed by atoms with Crippen LogP contribution in [0.3, 0.4) is 0 Å². The summed E-state index contributed by atoms with van der Waals surface area (Å²) in [5, 5.41) is 1.51. The highest BCUT2D eigenvalue weighted by Crippen LogP contribution is 2.36. The van der Waals surface area contributed by atoms with Gasteiger partial charge in [-0.1, -0.05) is 30.3 Å². The van der Waals surface area contributed by atoms with E-state index in [1.54, 1.807) is 11.0 Å². The third-order valence-electron chi connectivity index (χ3n) is 5.07. The molecule has 31 heavy (non-hydrogen) atoms. The summed E-state index contributed by atoms with van der Waals surface area (Å²) < 4.78 is 5.77. The van der Waals surface area contributed by atoms with E-state index in [1.165, 1.54) is 0 Å². The summed E-state index contributed by atoms with van der Waals surface area (Å²) >= 11 is 0.855. The fourth-order valence-corrected chi connectivity index (χ4v) is 4.68. The molecule has 1 aliphatic heterocycles. The molecule has 0 aromatic heterocycles. The quantitative estimate of drug-likeness (QED) is 0.572.